The molecule has 0 aromatic rings. The van der Waals surface area contributed by atoms with Crippen LogP contribution in [0.5, 0.6) is 0 Å². The van der Waals surface area contributed by atoms with Crippen LogP contribution < -0.4 is 5.32 Å². The maximum atomic E-state index is 3.78. The van der Waals surface area contributed by atoms with Gasteiger partial charge in [-0.15, -0.1) is 0 Å². The molecule has 2 heteroatoms. The molecule has 0 radical (unpaired) electrons. The van der Waals surface area contributed by atoms with Crippen LogP contribution in [0.25, 0.3) is 0 Å². The molecule has 0 spiro atoms. The van der Waals surface area contributed by atoms with Gasteiger partial charge in [-0.2, -0.15) is 0 Å². The van der Waals surface area contributed by atoms with Crippen LogP contribution in [0, 0.1) is 0 Å². The highest BCUT2D eigenvalue weighted by atomic mass is 79.9. The van der Waals surface area contributed by atoms with Gasteiger partial charge in [0, 0.05) is 11.0 Å². The molecule has 0 aliphatic carbocycles. The lowest BCUT2D eigenvalue weighted by molar-refractivity contribution is 0.572. The molecule has 0 saturated carbocycles. The first-order valence-electron chi connectivity index (χ1n) is 5.81. The normalized spacial score (nSPS) is 10.4. The van der Waals surface area contributed by atoms with E-state index >= 15 is 0 Å². The smallest absolute Gasteiger partial charge is 0.0265 e. The number of halogens is 1. The van der Waals surface area contributed by atoms with E-state index in [4.69, 9.17) is 0 Å². The van der Waals surface area contributed by atoms with Crippen molar-refractivity contribution >= 4 is 15.9 Å². The number of nitrogens with one attached hydrogen (secondary N) is 1. The summed E-state index contributed by atoms with van der Waals surface area (Å²) in [5.41, 5.74) is 0. The van der Waals surface area contributed by atoms with E-state index in [1.165, 1.54) is 44.9 Å². The molecule has 0 saturated heterocycles. The first kappa shape index (κ1) is 14.2. The zero-order valence-corrected chi connectivity index (χ0v) is 11.0. The quantitative estimate of drug-likeness (QED) is 0.581. The van der Waals surface area contributed by atoms with Crippen molar-refractivity contribution in [2.24, 2.45) is 0 Å². The SMILES string of the molecule is C=C(Br)CNCCCCCCCCC. The minimum absolute atomic E-state index is 0.899. The number of rotatable bonds is 10. The third-order valence-electron chi connectivity index (χ3n) is 2.27. The highest BCUT2D eigenvalue weighted by Crippen LogP contribution is 2.06. The summed E-state index contributed by atoms with van der Waals surface area (Å²) in [4.78, 5) is 0. The fourth-order valence-electron chi connectivity index (χ4n) is 1.43. The van der Waals surface area contributed by atoms with Crippen molar-refractivity contribution in [2.75, 3.05) is 13.1 Å². The Morgan fingerprint density at radius 3 is 2.21 bits per heavy atom. The van der Waals surface area contributed by atoms with Crippen molar-refractivity contribution < 1.29 is 0 Å². The number of hydrogen-bond acceptors (Lipinski definition) is 1. The molecule has 84 valence electrons. The average Bonchev–Trinajstić information content (AvgIpc) is 2.15. The predicted octanol–water partition coefficient (Wildman–Crippen LogP) is 4.24. The summed E-state index contributed by atoms with van der Waals surface area (Å²) >= 11 is 3.33. The van der Waals surface area contributed by atoms with Gasteiger partial charge in [-0.1, -0.05) is 68.0 Å². The third kappa shape index (κ3) is 12.2. The first-order valence-corrected chi connectivity index (χ1v) is 6.60. The van der Waals surface area contributed by atoms with Gasteiger partial charge in [0.2, 0.25) is 0 Å². The Bertz CT molecular complexity index is 134. The Morgan fingerprint density at radius 1 is 1.07 bits per heavy atom. The summed E-state index contributed by atoms with van der Waals surface area (Å²) in [7, 11) is 0. The second-order valence-corrected chi connectivity index (χ2v) is 4.94. The van der Waals surface area contributed by atoms with Gasteiger partial charge in [0.25, 0.3) is 0 Å². The van der Waals surface area contributed by atoms with Gasteiger partial charge in [0.15, 0.2) is 0 Å². The fraction of sp³-hybridized carbons (Fsp3) is 0.833. The van der Waals surface area contributed by atoms with Crippen LogP contribution in [-0.2, 0) is 0 Å². The van der Waals surface area contributed by atoms with Crippen molar-refractivity contribution in [1.29, 1.82) is 0 Å². The lowest BCUT2D eigenvalue weighted by Gasteiger charge is -2.03. The first-order chi connectivity index (χ1) is 6.77. The van der Waals surface area contributed by atoms with Crippen LogP contribution >= 0.6 is 15.9 Å². The van der Waals surface area contributed by atoms with E-state index in [9.17, 15) is 0 Å². The summed E-state index contributed by atoms with van der Waals surface area (Å²) in [6.45, 7) is 8.06. The van der Waals surface area contributed by atoms with Crippen LogP contribution in [0.3, 0.4) is 0 Å². The van der Waals surface area contributed by atoms with Crippen molar-refractivity contribution in [1.82, 2.24) is 5.32 Å². The second-order valence-electron chi connectivity index (χ2n) is 3.82. The molecule has 0 aliphatic rings. The Balaban J connectivity index is 2.88. The van der Waals surface area contributed by atoms with Gasteiger partial charge in [-0.05, 0) is 13.0 Å². The molecule has 0 aromatic carbocycles. The molecular formula is C12H24BrN. The molecule has 14 heavy (non-hydrogen) atoms. The van der Waals surface area contributed by atoms with Crippen molar-refractivity contribution in [3.8, 4) is 0 Å². The summed E-state index contributed by atoms with van der Waals surface area (Å²) in [6.07, 6.45) is 9.65. The van der Waals surface area contributed by atoms with Crippen molar-refractivity contribution in [2.45, 2.75) is 51.9 Å². The molecule has 0 unspecified atom stereocenters. The molecule has 0 rings (SSSR count). The van der Waals surface area contributed by atoms with Gasteiger partial charge >= 0.3 is 0 Å². The van der Waals surface area contributed by atoms with Crippen LogP contribution in [0.15, 0.2) is 11.1 Å². The number of hydrogen-bond donors (Lipinski definition) is 1. The van der Waals surface area contributed by atoms with Gasteiger partial charge in [-0.3, -0.25) is 0 Å². The highest BCUT2D eigenvalue weighted by molar-refractivity contribution is 9.11. The lowest BCUT2D eigenvalue weighted by Crippen LogP contribution is -2.16. The summed E-state index contributed by atoms with van der Waals surface area (Å²) < 4.78 is 1.04. The van der Waals surface area contributed by atoms with Gasteiger partial charge in [0.05, 0.1) is 0 Å². The standard InChI is InChI=1S/C12H24BrN/c1-3-4-5-6-7-8-9-10-14-11-12(2)13/h14H,2-11H2,1H3. The summed E-state index contributed by atoms with van der Waals surface area (Å²) in [5.74, 6) is 0. The van der Waals surface area contributed by atoms with E-state index in [1.807, 2.05) is 0 Å². The topological polar surface area (TPSA) is 12.0 Å². The molecule has 0 amide bonds. The Kier molecular flexibility index (Phi) is 11.4. The van der Waals surface area contributed by atoms with E-state index in [0.29, 0.717) is 0 Å². The molecule has 1 nitrogen and oxygen atoms in total. The third-order valence-corrected chi connectivity index (χ3v) is 2.55. The van der Waals surface area contributed by atoms with Crippen LogP contribution in [0.2, 0.25) is 0 Å². The average molecular weight is 262 g/mol. The van der Waals surface area contributed by atoms with E-state index in [1.54, 1.807) is 0 Å². The highest BCUT2D eigenvalue weighted by Gasteiger charge is 1.91. The predicted molar refractivity (Wildman–Crippen MR) is 68.9 cm³/mol. The van der Waals surface area contributed by atoms with Gasteiger partial charge in [0.1, 0.15) is 0 Å². The zero-order valence-electron chi connectivity index (χ0n) is 9.45. The Labute approximate surface area is 97.5 Å². The molecule has 0 heterocycles. The minimum Gasteiger partial charge on any atom is -0.312 e. The lowest BCUT2D eigenvalue weighted by atomic mass is 10.1. The molecule has 0 aromatic heterocycles. The molecular weight excluding hydrogens is 238 g/mol. The zero-order chi connectivity index (χ0) is 10.6. The molecule has 0 aliphatic heterocycles. The number of unbranched alkanes of at least 4 members (excludes halogenated alkanes) is 6. The maximum Gasteiger partial charge on any atom is 0.0265 e. The van der Waals surface area contributed by atoms with Gasteiger partial charge in [-0.25, -0.2) is 0 Å². The van der Waals surface area contributed by atoms with E-state index in [0.717, 1.165) is 17.6 Å². The second kappa shape index (κ2) is 11.3. The van der Waals surface area contributed by atoms with Crippen LogP contribution in [0.4, 0.5) is 0 Å². The van der Waals surface area contributed by atoms with E-state index < -0.39 is 0 Å². The summed E-state index contributed by atoms with van der Waals surface area (Å²) in [5, 5.41) is 3.34. The van der Waals surface area contributed by atoms with E-state index in [-0.39, 0.29) is 0 Å². The molecule has 0 bridgehead atoms. The van der Waals surface area contributed by atoms with Crippen molar-refractivity contribution in [3.05, 3.63) is 11.1 Å². The molecule has 0 fully saturated rings. The fourth-order valence-corrected chi connectivity index (χ4v) is 1.63. The monoisotopic (exact) mass is 261 g/mol. The Morgan fingerprint density at radius 2 is 1.64 bits per heavy atom. The largest absolute Gasteiger partial charge is 0.312 e. The molecule has 1 N–H and O–H groups in total. The maximum absolute atomic E-state index is 3.78. The Hall–Kier alpha value is 0.180. The summed E-state index contributed by atoms with van der Waals surface area (Å²) in [6, 6.07) is 0. The van der Waals surface area contributed by atoms with E-state index in [2.05, 4.69) is 34.7 Å². The van der Waals surface area contributed by atoms with Crippen molar-refractivity contribution in [3.63, 3.8) is 0 Å². The van der Waals surface area contributed by atoms with Crippen LogP contribution in [0.1, 0.15) is 51.9 Å². The van der Waals surface area contributed by atoms with Crippen LogP contribution in [-0.4, -0.2) is 13.1 Å². The molecule has 0 atom stereocenters. The van der Waals surface area contributed by atoms with Gasteiger partial charge < -0.3 is 5.32 Å². The minimum atomic E-state index is 0.899.